The Hall–Kier alpha value is -3.35. The van der Waals surface area contributed by atoms with E-state index in [9.17, 15) is 14.4 Å². The summed E-state index contributed by atoms with van der Waals surface area (Å²) in [6.45, 7) is 5.02. The van der Waals surface area contributed by atoms with Crippen LogP contribution in [-0.4, -0.2) is 60.5 Å². The molecular weight excluding hydrogens is 418 g/mol. The van der Waals surface area contributed by atoms with Gasteiger partial charge in [-0.15, -0.1) is 0 Å². The first kappa shape index (κ1) is 22.8. The van der Waals surface area contributed by atoms with Gasteiger partial charge in [0.2, 0.25) is 0 Å². The van der Waals surface area contributed by atoms with Crippen LogP contribution in [0.3, 0.4) is 0 Å². The zero-order valence-corrected chi connectivity index (χ0v) is 19.1. The summed E-state index contributed by atoms with van der Waals surface area (Å²) >= 11 is 0. The van der Waals surface area contributed by atoms with E-state index in [0.717, 1.165) is 30.5 Å². The maximum absolute atomic E-state index is 13.2. The molecule has 33 heavy (non-hydrogen) atoms. The summed E-state index contributed by atoms with van der Waals surface area (Å²) in [6, 6.07) is 17.2. The van der Waals surface area contributed by atoms with Crippen LogP contribution in [0.25, 0.3) is 0 Å². The molecule has 2 heterocycles. The molecule has 4 rings (SSSR count). The average Bonchev–Trinajstić information content (AvgIpc) is 2.86. The highest BCUT2D eigenvalue weighted by Crippen LogP contribution is 2.25. The van der Waals surface area contributed by atoms with Crippen molar-refractivity contribution in [1.29, 1.82) is 0 Å². The molecule has 2 fully saturated rings. The molecule has 174 valence electrons. The van der Waals surface area contributed by atoms with E-state index in [1.807, 2.05) is 47.4 Å². The fourth-order valence-electron chi connectivity index (χ4n) is 4.58. The number of amides is 3. The lowest BCUT2D eigenvalue weighted by Crippen LogP contribution is -2.49. The Labute approximate surface area is 194 Å². The second kappa shape index (κ2) is 10.5. The Morgan fingerprint density at radius 3 is 2.61 bits per heavy atom. The van der Waals surface area contributed by atoms with Crippen LogP contribution in [-0.2, 0) is 16.1 Å². The summed E-state index contributed by atoms with van der Waals surface area (Å²) in [5.41, 5.74) is 2.35. The molecule has 0 aliphatic carbocycles. The van der Waals surface area contributed by atoms with Gasteiger partial charge in [0.05, 0.1) is 12.5 Å². The number of ether oxygens (including phenoxy) is 1. The van der Waals surface area contributed by atoms with Gasteiger partial charge in [0.1, 0.15) is 0 Å². The van der Waals surface area contributed by atoms with E-state index in [1.165, 1.54) is 0 Å². The number of hydrogen-bond donors (Lipinski definition) is 0. The van der Waals surface area contributed by atoms with Crippen molar-refractivity contribution in [3.8, 4) is 0 Å². The van der Waals surface area contributed by atoms with E-state index in [1.54, 1.807) is 28.9 Å². The van der Waals surface area contributed by atoms with Crippen LogP contribution >= 0.6 is 0 Å². The van der Waals surface area contributed by atoms with E-state index in [-0.39, 0.29) is 23.8 Å². The third kappa shape index (κ3) is 5.35. The Bertz CT molecular complexity index is 994. The topological polar surface area (TPSA) is 70.2 Å². The van der Waals surface area contributed by atoms with Gasteiger partial charge < -0.3 is 14.5 Å². The highest BCUT2D eigenvalue weighted by atomic mass is 16.5. The van der Waals surface area contributed by atoms with Gasteiger partial charge in [-0.25, -0.2) is 4.79 Å². The predicted octanol–water partition coefficient (Wildman–Crippen LogP) is 3.93. The van der Waals surface area contributed by atoms with E-state index in [4.69, 9.17) is 4.74 Å². The lowest BCUT2D eigenvalue weighted by molar-refractivity contribution is -0.149. The van der Waals surface area contributed by atoms with Gasteiger partial charge in [0, 0.05) is 44.0 Å². The van der Waals surface area contributed by atoms with Crippen LogP contribution in [0, 0.1) is 5.92 Å². The van der Waals surface area contributed by atoms with Crippen LogP contribution in [0.2, 0.25) is 0 Å². The Balaban J connectivity index is 1.46. The number of esters is 1. The maximum atomic E-state index is 13.2. The molecule has 2 aliphatic rings. The van der Waals surface area contributed by atoms with Crippen molar-refractivity contribution < 1.29 is 19.1 Å². The highest BCUT2D eigenvalue weighted by molar-refractivity contribution is 5.98. The first-order valence-electron chi connectivity index (χ1n) is 11.7. The zero-order valence-electron chi connectivity index (χ0n) is 19.1. The number of benzene rings is 2. The van der Waals surface area contributed by atoms with Gasteiger partial charge in [0.15, 0.2) is 0 Å². The minimum absolute atomic E-state index is 0.0463. The molecule has 0 N–H and O–H groups in total. The van der Waals surface area contributed by atoms with Crippen LogP contribution in [0.4, 0.5) is 10.5 Å². The van der Waals surface area contributed by atoms with Crippen LogP contribution < -0.4 is 4.90 Å². The van der Waals surface area contributed by atoms with Crippen LogP contribution in [0.1, 0.15) is 42.1 Å². The van der Waals surface area contributed by atoms with Gasteiger partial charge in [-0.3, -0.25) is 14.5 Å². The number of rotatable bonds is 6. The minimum Gasteiger partial charge on any atom is -0.466 e. The molecule has 3 amide bonds. The fourth-order valence-corrected chi connectivity index (χ4v) is 4.58. The first-order valence-corrected chi connectivity index (χ1v) is 11.7. The van der Waals surface area contributed by atoms with E-state index < -0.39 is 0 Å². The predicted molar refractivity (Wildman–Crippen MR) is 126 cm³/mol. The Morgan fingerprint density at radius 2 is 1.82 bits per heavy atom. The number of urea groups is 1. The molecule has 0 radical (unpaired) electrons. The SMILES string of the molecule is CCOC(=O)[C@@H]1CCCN(C(=O)c2cccc(N3CCCN(Cc4ccccc4)C3=O)c2)C1. The monoisotopic (exact) mass is 449 g/mol. The van der Waals surface area contributed by atoms with Crippen molar-refractivity contribution in [2.45, 2.75) is 32.7 Å². The lowest BCUT2D eigenvalue weighted by Gasteiger charge is -2.36. The molecule has 0 unspecified atom stereocenters. The van der Waals surface area contributed by atoms with Crippen molar-refractivity contribution in [3.05, 3.63) is 65.7 Å². The van der Waals surface area contributed by atoms with Crippen molar-refractivity contribution in [2.75, 3.05) is 37.7 Å². The molecule has 2 aromatic rings. The second-order valence-corrected chi connectivity index (χ2v) is 8.59. The van der Waals surface area contributed by atoms with E-state index in [0.29, 0.717) is 44.9 Å². The van der Waals surface area contributed by atoms with Crippen molar-refractivity contribution in [1.82, 2.24) is 9.80 Å². The smallest absolute Gasteiger partial charge is 0.324 e. The first-order chi connectivity index (χ1) is 16.1. The molecule has 0 spiro atoms. The molecule has 2 aliphatic heterocycles. The van der Waals surface area contributed by atoms with E-state index in [2.05, 4.69) is 0 Å². The third-order valence-corrected chi connectivity index (χ3v) is 6.26. The standard InChI is InChI=1S/C26H31N3O4/c1-2-33-25(31)22-12-7-14-27(19-22)24(30)21-11-6-13-23(17-21)29-16-8-15-28(26(29)32)18-20-9-4-3-5-10-20/h3-6,9-11,13,17,22H,2,7-8,12,14-16,18-19H2,1H3/t22-/m1/s1. The maximum Gasteiger partial charge on any atom is 0.324 e. The highest BCUT2D eigenvalue weighted by Gasteiger charge is 2.31. The number of hydrogen-bond acceptors (Lipinski definition) is 4. The molecule has 2 saturated heterocycles. The molecule has 1 atom stereocenters. The third-order valence-electron chi connectivity index (χ3n) is 6.26. The van der Waals surface area contributed by atoms with Gasteiger partial charge >= 0.3 is 12.0 Å². The zero-order chi connectivity index (χ0) is 23.2. The summed E-state index contributed by atoms with van der Waals surface area (Å²) in [7, 11) is 0. The molecule has 0 bridgehead atoms. The number of carbonyl (C=O) groups excluding carboxylic acids is 3. The minimum atomic E-state index is -0.277. The number of piperidine rings is 1. The quantitative estimate of drug-likeness (QED) is 0.627. The van der Waals surface area contributed by atoms with Crippen molar-refractivity contribution in [3.63, 3.8) is 0 Å². The van der Waals surface area contributed by atoms with E-state index >= 15 is 0 Å². The largest absolute Gasteiger partial charge is 0.466 e. The Morgan fingerprint density at radius 1 is 1.00 bits per heavy atom. The van der Waals surface area contributed by atoms with Crippen molar-refractivity contribution >= 4 is 23.6 Å². The molecule has 0 saturated carbocycles. The van der Waals surface area contributed by atoms with Crippen molar-refractivity contribution in [2.24, 2.45) is 5.92 Å². The summed E-state index contributed by atoms with van der Waals surface area (Å²) in [6.07, 6.45) is 2.38. The number of likely N-dealkylation sites (tertiary alicyclic amines) is 1. The molecule has 7 heteroatoms. The summed E-state index contributed by atoms with van der Waals surface area (Å²) < 4.78 is 5.15. The Kier molecular flexibility index (Phi) is 7.27. The molecular formula is C26H31N3O4. The fraction of sp³-hybridized carbons (Fsp3) is 0.423. The van der Waals surface area contributed by atoms with Gasteiger partial charge in [-0.05, 0) is 49.9 Å². The summed E-state index contributed by atoms with van der Waals surface area (Å²) in [5, 5.41) is 0. The van der Waals surface area contributed by atoms with Gasteiger partial charge in [0.25, 0.3) is 5.91 Å². The van der Waals surface area contributed by atoms with Crippen LogP contribution in [0.5, 0.6) is 0 Å². The second-order valence-electron chi connectivity index (χ2n) is 8.59. The lowest BCUT2D eigenvalue weighted by atomic mass is 9.97. The van der Waals surface area contributed by atoms with Gasteiger partial charge in [-0.2, -0.15) is 0 Å². The molecule has 2 aromatic carbocycles. The average molecular weight is 450 g/mol. The van der Waals surface area contributed by atoms with Crippen LogP contribution in [0.15, 0.2) is 54.6 Å². The number of nitrogens with zero attached hydrogens (tertiary/aromatic N) is 3. The molecule has 7 nitrogen and oxygen atoms in total. The number of carbonyl (C=O) groups is 3. The summed E-state index contributed by atoms with van der Waals surface area (Å²) in [4.78, 5) is 43.9. The van der Waals surface area contributed by atoms with Gasteiger partial charge in [-0.1, -0.05) is 36.4 Å². The summed E-state index contributed by atoms with van der Waals surface area (Å²) in [5.74, 6) is -0.626. The normalized spacial score (nSPS) is 18.9. The number of anilines is 1. The molecule has 0 aromatic heterocycles.